The van der Waals surface area contributed by atoms with Crippen LogP contribution in [-0.4, -0.2) is 21.1 Å². The number of benzene rings is 1. The number of aromatic nitrogens is 2. The highest BCUT2D eigenvalue weighted by Crippen LogP contribution is 2.41. The molecule has 3 aromatic rings. The third kappa shape index (κ3) is 3.21. The van der Waals surface area contributed by atoms with E-state index in [1.165, 1.54) is 34.7 Å². The van der Waals surface area contributed by atoms with E-state index < -0.39 is 11.1 Å². The van der Waals surface area contributed by atoms with Crippen LogP contribution in [0.2, 0.25) is 0 Å². The van der Waals surface area contributed by atoms with Crippen LogP contribution in [0.4, 0.5) is 10.1 Å². The van der Waals surface area contributed by atoms with Crippen molar-refractivity contribution >= 4 is 44.9 Å². The molecule has 2 heterocycles. The summed E-state index contributed by atoms with van der Waals surface area (Å²) in [6.45, 7) is 3.69. The highest BCUT2D eigenvalue weighted by Gasteiger charge is 2.24. The van der Waals surface area contributed by atoms with E-state index in [0.717, 1.165) is 28.1 Å². The van der Waals surface area contributed by atoms with E-state index in [4.69, 9.17) is 0 Å². The van der Waals surface area contributed by atoms with E-state index in [-0.39, 0.29) is 11.6 Å². The molecule has 7 heteroatoms. The summed E-state index contributed by atoms with van der Waals surface area (Å²) in [5.74, 6) is 0.0343. The second-order valence-corrected chi connectivity index (χ2v) is 8.76. The van der Waals surface area contributed by atoms with Crippen molar-refractivity contribution in [1.29, 1.82) is 0 Å². The zero-order chi connectivity index (χ0) is 18.3. The van der Waals surface area contributed by atoms with Crippen LogP contribution in [0.3, 0.4) is 0 Å². The standard InChI is InChI=1S/C19H18FN3OS2/c1-10(17(24)23-14-8-4-3-7-13(14)20)25-18-16-12-6-5-9-15(12)26-19(16)22-11(2)21-18/h3-4,7-8,10H,5-6,9H2,1-2H3,(H,23,24)/t10-/m0/s1. The van der Waals surface area contributed by atoms with Crippen LogP contribution in [0.1, 0.15) is 29.6 Å². The fraction of sp³-hybridized carbons (Fsp3) is 0.316. The van der Waals surface area contributed by atoms with Crippen LogP contribution in [0.25, 0.3) is 10.2 Å². The number of nitrogens with zero attached hydrogens (tertiary/aromatic N) is 2. The maximum Gasteiger partial charge on any atom is 0.237 e. The molecule has 26 heavy (non-hydrogen) atoms. The lowest BCUT2D eigenvalue weighted by Crippen LogP contribution is -2.23. The lowest BCUT2D eigenvalue weighted by molar-refractivity contribution is -0.115. The number of nitrogens with one attached hydrogen (secondary N) is 1. The van der Waals surface area contributed by atoms with Gasteiger partial charge in [0, 0.05) is 10.3 Å². The Labute approximate surface area is 159 Å². The maximum absolute atomic E-state index is 13.8. The number of carbonyl (C=O) groups is 1. The summed E-state index contributed by atoms with van der Waals surface area (Å²) >= 11 is 3.15. The number of para-hydroxylation sites is 1. The number of fused-ring (bicyclic) bond motifs is 3. The van der Waals surface area contributed by atoms with Crippen molar-refractivity contribution in [2.45, 2.75) is 43.4 Å². The van der Waals surface area contributed by atoms with E-state index in [1.807, 2.05) is 13.8 Å². The van der Waals surface area contributed by atoms with Crippen molar-refractivity contribution in [1.82, 2.24) is 9.97 Å². The number of aryl methyl sites for hydroxylation is 3. The summed E-state index contributed by atoms with van der Waals surface area (Å²) in [5.41, 5.74) is 1.54. The second kappa shape index (κ2) is 6.96. The summed E-state index contributed by atoms with van der Waals surface area (Å²) in [4.78, 5) is 24.1. The molecule has 0 saturated carbocycles. The molecule has 0 aliphatic heterocycles. The SMILES string of the molecule is Cc1nc(S[C@@H](C)C(=O)Nc2ccccc2F)c2c3c(sc2n1)CCC3. The molecular formula is C19H18FN3OS2. The topological polar surface area (TPSA) is 54.9 Å². The Morgan fingerprint density at radius 1 is 1.31 bits per heavy atom. The van der Waals surface area contributed by atoms with E-state index in [0.29, 0.717) is 5.82 Å². The number of thioether (sulfide) groups is 1. The molecule has 4 nitrogen and oxygen atoms in total. The van der Waals surface area contributed by atoms with Crippen LogP contribution < -0.4 is 5.32 Å². The van der Waals surface area contributed by atoms with Crippen LogP contribution in [0.15, 0.2) is 29.3 Å². The van der Waals surface area contributed by atoms with Gasteiger partial charge in [-0.25, -0.2) is 14.4 Å². The van der Waals surface area contributed by atoms with Crippen molar-refractivity contribution in [2.75, 3.05) is 5.32 Å². The molecule has 1 N–H and O–H groups in total. The van der Waals surface area contributed by atoms with Crippen molar-refractivity contribution in [2.24, 2.45) is 0 Å². The zero-order valence-electron chi connectivity index (χ0n) is 14.5. The Kier molecular flexibility index (Phi) is 4.67. The Morgan fingerprint density at radius 3 is 2.92 bits per heavy atom. The number of thiophene rings is 1. The number of hydrogen-bond donors (Lipinski definition) is 1. The predicted molar refractivity (Wildman–Crippen MR) is 105 cm³/mol. The number of rotatable bonds is 4. The van der Waals surface area contributed by atoms with Gasteiger partial charge in [-0.15, -0.1) is 11.3 Å². The Bertz CT molecular complexity index is 1000. The number of hydrogen-bond acceptors (Lipinski definition) is 5. The summed E-state index contributed by atoms with van der Waals surface area (Å²) in [5, 5.41) is 4.22. The van der Waals surface area contributed by atoms with Gasteiger partial charge < -0.3 is 5.32 Å². The molecule has 0 saturated heterocycles. The van der Waals surface area contributed by atoms with Gasteiger partial charge in [0.15, 0.2) is 0 Å². The van der Waals surface area contributed by atoms with Crippen LogP contribution >= 0.6 is 23.1 Å². The van der Waals surface area contributed by atoms with Gasteiger partial charge in [0.1, 0.15) is 21.5 Å². The summed E-state index contributed by atoms with van der Waals surface area (Å²) < 4.78 is 13.8. The maximum atomic E-state index is 13.8. The van der Waals surface area contributed by atoms with Gasteiger partial charge in [0.25, 0.3) is 0 Å². The molecule has 0 bridgehead atoms. The highest BCUT2D eigenvalue weighted by molar-refractivity contribution is 8.00. The van der Waals surface area contributed by atoms with Gasteiger partial charge in [0.05, 0.1) is 10.9 Å². The van der Waals surface area contributed by atoms with Gasteiger partial charge in [-0.3, -0.25) is 4.79 Å². The number of anilines is 1. The summed E-state index contributed by atoms with van der Waals surface area (Å²) in [6.07, 6.45) is 3.31. The minimum Gasteiger partial charge on any atom is -0.323 e. The first-order valence-electron chi connectivity index (χ1n) is 8.54. The van der Waals surface area contributed by atoms with Crippen molar-refractivity contribution in [3.63, 3.8) is 0 Å². The first-order valence-corrected chi connectivity index (χ1v) is 10.2. The number of halogens is 1. The fourth-order valence-electron chi connectivity index (χ4n) is 3.17. The molecule has 0 unspecified atom stereocenters. The quantitative estimate of drug-likeness (QED) is 0.519. The van der Waals surface area contributed by atoms with Crippen LogP contribution in [0, 0.1) is 12.7 Å². The molecule has 0 fully saturated rings. The van der Waals surface area contributed by atoms with E-state index in [9.17, 15) is 9.18 Å². The molecule has 0 spiro atoms. The van der Waals surface area contributed by atoms with E-state index in [2.05, 4.69) is 15.3 Å². The van der Waals surface area contributed by atoms with Crippen molar-refractivity contribution in [3.8, 4) is 0 Å². The summed E-state index contributed by atoms with van der Waals surface area (Å²) in [7, 11) is 0. The molecule has 1 amide bonds. The molecule has 1 aliphatic rings. The molecule has 4 rings (SSSR count). The third-order valence-electron chi connectivity index (χ3n) is 4.43. The number of carbonyl (C=O) groups excluding carboxylic acids is 1. The molecule has 2 aromatic heterocycles. The second-order valence-electron chi connectivity index (χ2n) is 6.34. The minimum atomic E-state index is -0.436. The Morgan fingerprint density at radius 2 is 2.12 bits per heavy atom. The van der Waals surface area contributed by atoms with Crippen LogP contribution in [-0.2, 0) is 17.6 Å². The van der Waals surface area contributed by atoms with Gasteiger partial charge in [-0.1, -0.05) is 23.9 Å². The Balaban J connectivity index is 1.60. The van der Waals surface area contributed by atoms with Crippen molar-refractivity contribution in [3.05, 3.63) is 46.3 Å². The normalized spacial score (nSPS) is 14.4. The Hall–Kier alpha value is -1.99. The van der Waals surface area contributed by atoms with Crippen molar-refractivity contribution < 1.29 is 9.18 Å². The van der Waals surface area contributed by atoms with Crippen LogP contribution in [0.5, 0.6) is 0 Å². The van der Waals surface area contributed by atoms with Gasteiger partial charge >= 0.3 is 0 Å². The highest BCUT2D eigenvalue weighted by atomic mass is 32.2. The smallest absolute Gasteiger partial charge is 0.237 e. The van der Waals surface area contributed by atoms with Gasteiger partial charge in [0.2, 0.25) is 5.91 Å². The fourth-order valence-corrected chi connectivity index (χ4v) is 5.56. The molecular weight excluding hydrogens is 369 g/mol. The molecule has 1 aliphatic carbocycles. The zero-order valence-corrected chi connectivity index (χ0v) is 16.1. The molecule has 1 atom stereocenters. The lowest BCUT2D eigenvalue weighted by Gasteiger charge is -2.13. The predicted octanol–water partition coefficient (Wildman–Crippen LogP) is 4.75. The minimum absolute atomic E-state index is 0.199. The monoisotopic (exact) mass is 387 g/mol. The third-order valence-corrected chi connectivity index (χ3v) is 6.70. The molecule has 134 valence electrons. The first-order chi connectivity index (χ1) is 12.5. The first kappa shape index (κ1) is 17.4. The largest absolute Gasteiger partial charge is 0.323 e. The van der Waals surface area contributed by atoms with Gasteiger partial charge in [-0.2, -0.15) is 0 Å². The van der Waals surface area contributed by atoms with Gasteiger partial charge in [-0.05, 0) is 50.8 Å². The average molecular weight is 388 g/mol. The summed E-state index contributed by atoms with van der Waals surface area (Å²) in [6, 6.07) is 6.19. The molecule has 1 aromatic carbocycles. The lowest BCUT2D eigenvalue weighted by atomic mass is 10.2. The van der Waals surface area contributed by atoms with E-state index >= 15 is 0 Å². The van der Waals surface area contributed by atoms with E-state index in [1.54, 1.807) is 29.5 Å². The molecule has 0 radical (unpaired) electrons. The number of amides is 1. The average Bonchev–Trinajstić information content (AvgIpc) is 3.17.